The van der Waals surface area contributed by atoms with Crippen molar-refractivity contribution in [1.82, 2.24) is 0 Å². The van der Waals surface area contributed by atoms with Crippen molar-refractivity contribution >= 4 is 12.0 Å². The fraction of sp³-hybridized carbons (Fsp3) is 0.160. The molecule has 0 amide bonds. The second kappa shape index (κ2) is 8.86. The average Bonchev–Trinajstić information content (AvgIpc) is 2.79. The second-order valence-corrected chi connectivity index (χ2v) is 6.92. The molecule has 1 heterocycles. The van der Waals surface area contributed by atoms with Gasteiger partial charge in [0.15, 0.2) is 12.2 Å². The van der Waals surface area contributed by atoms with E-state index in [1.54, 1.807) is 12.2 Å². The Morgan fingerprint density at radius 3 is 1.86 bits per heavy atom. The molecule has 0 aromatic heterocycles. The number of esters is 1. The average molecular weight is 386 g/mol. The molecule has 146 valence electrons. The van der Waals surface area contributed by atoms with E-state index in [1.165, 1.54) is 0 Å². The van der Waals surface area contributed by atoms with Gasteiger partial charge in [-0.15, -0.1) is 0 Å². The summed E-state index contributed by atoms with van der Waals surface area (Å²) in [6.07, 6.45) is 0.0216. The molecule has 1 aliphatic rings. The van der Waals surface area contributed by atoms with Crippen molar-refractivity contribution in [3.63, 3.8) is 0 Å². The molecular formula is C25H22O4. The maximum atomic E-state index is 12.7. The monoisotopic (exact) mass is 386 g/mol. The molecule has 1 aliphatic heterocycles. The fourth-order valence-electron chi connectivity index (χ4n) is 3.42. The van der Waals surface area contributed by atoms with E-state index >= 15 is 0 Å². The number of aliphatic hydroxyl groups excluding tert-OH is 1. The summed E-state index contributed by atoms with van der Waals surface area (Å²) in [5.41, 5.74) is 2.66. The van der Waals surface area contributed by atoms with Gasteiger partial charge >= 0.3 is 5.97 Å². The fourth-order valence-corrected chi connectivity index (χ4v) is 3.42. The Labute approximate surface area is 170 Å². The first-order valence-corrected chi connectivity index (χ1v) is 9.59. The van der Waals surface area contributed by atoms with Crippen molar-refractivity contribution in [2.75, 3.05) is 0 Å². The minimum absolute atomic E-state index is 0.513. The predicted octanol–water partition coefficient (Wildman–Crippen LogP) is 4.49. The Morgan fingerprint density at radius 1 is 0.759 bits per heavy atom. The van der Waals surface area contributed by atoms with Gasteiger partial charge in [0.1, 0.15) is 12.2 Å². The highest BCUT2D eigenvalue weighted by Crippen LogP contribution is 2.40. The van der Waals surface area contributed by atoms with Gasteiger partial charge < -0.3 is 14.6 Å². The van der Waals surface area contributed by atoms with Crippen molar-refractivity contribution in [3.8, 4) is 0 Å². The number of hydrogen-bond acceptors (Lipinski definition) is 4. The van der Waals surface area contributed by atoms with Gasteiger partial charge in [-0.2, -0.15) is 0 Å². The molecule has 4 nitrogen and oxygen atoms in total. The van der Waals surface area contributed by atoms with Crippen molar-refractivity contribution in [1.29, 1.82) is 0 Å². The Balaban J connectivity index is 1.59. The van der Waals surface area contributed by atoms with Crippen molar-refractivity contribution in [2.45, 2.75) is 24.4 Å². The van der Waals surface area contributed by atoms with Gasteiger partial charge in [-0.1, -0.05) is 103 Å². The molecule has 1 saturated heterocycles. The largest absolute Gasteiger partial charge is 0.452 e. The van der Waals surface area contributed by atoms with Crippen LogP contribution in [0.4, 0.5) is 0 Å². The minimum atomic E-state index is -1.12. The maximum absolute atomic E-state index is 12.7. The Hall–Kier alpha value is -3.21. The SMILES string of the molecule is O=C1O[C@@H](c2ccccc2)[C@H](c2ccccc2)O[C@H]1[C@@H](O)/C=C/c1ccccc1. The van der Waals surface area contributed by atoms with Crippen LogP contribution in [0.2, 0.25) is 0 Å². The summed E-state index contributed by atoms with van der Waals surface area (Å²) in [5.74, 6) is -0.573. The Bertz CT molecular complexity index is 954. The van der Waals surface area contributed by atoms with E-state index in [-0.39, 0.29) is 0 Å². The first-order chi connectivity index (χ1) is 14.2. The van der Waals surface area contributed by atoms with E-state index in [4.69, 9.17) is 9.47 Å². The first kappa shape index (κ1) is 19.1. The van der Waals surface area contributed by atoms with E-state index in [2.05, 4.69) is 0 Å². The van der Waals surface area contributed by atoms with Crippen LogP contribution in [0.1, 0.15) is 28.9 Å². The molecule has 1 N–H and O–H groups in total. The van der Waals surface area contributed by atoms with E-state index in [0.29, 0.717) is 0 Å². The molecule has 0 radical (unpaired) electrons. The van der Waals surface area contributed by atoms with Gasteiger partial charge in [-0.25, -0.2) is 4.79 Å². The number of carbonyl (C=O) groups is 1. The van der Waals surface area contributed by atoms with Crippen LogP contribution in [0.3, 0.4) is 0 Å². The molecule has 1 fully saturated rings. The zero-order valence-corrected chi connectivity index (χ0v) is 15.8. The lowest BCUT2D eigenvalue weighted by Crippen LogP contribution is -2.44. The number of ether oxygens (including phenoxy) is 2. The zero-order chi connectivity index (χ0) is 20.1. The van der Waals surface area contributed by atoms with Crippen LogP contribution in [0.5, 0.6) is 0 Å². The standard InChI is InChI=1S/C25H22O4/c26-21(17-16-18-10-4-1-5-11-18)24-25(27)29-23(20-14-8-3-9-15-20)22(28-24)19-12-6-2-7-13-19/h1-17,21-24,26H/b17-16+/t21-,22-,23-,24-/m0/s1. The van der Waals surface area contributed by atoms with Crippen LogP contribution >= 0.6 is 0 Å². The molecule has 0 bridgehead atoms. The van der Waals surface area contributed by atoms with Gasteiger partial charge in [0.25, 0.3) is 0 Å². The molecule has 0 spiro atoms. The van der Waals surface area contributed by atoms with Crippen LogP contribution in [-0.2, 0) is 14.3 Å². The van der Waals surface area contributed by atoms with Gasteiger partial charge in [0.2, 0.25) is 0 Å². The number of hydrogen-bond donors (Lipinski definition) is 1. The maximum Gasteiger partial charge on any atom is 0.339 e. The van der Waals surface area contributed by atoms with Crippen LogP contribution in [0, 0.1) is 0 Å². The molecule has 29 heavy (non-hydrogen) atoms. The Kier molecular flexibility index (Phi) is 5.84. The number of cyclic esters (lactones) is 1. The second-order valence-electron chi connectivity index (χ2n) is 6.92. The summed E-state index contributed by atoms with van der Waals surface area (Å²) in [6.45, 7) is 0. The molecule has 4 heteroatoms. The third kappa shape index (κ3) is 4.45. The number of benzene rings is 3. The van der Waals surface area contributed by atoms with Gasteiger partial charge in [-0.05, 0) is 16.7 Å². The van der Waals surface area contributed by atoms with Gasteiger partial charge in [0, 0.05) is 0 Å². The molecule has 0 unspecified atom stereocenters. The summed E-state index contributed by atoms with van der Waals surface area (Å²) < 4.78 is 11.9. The van der Waals surface area contributed by atoms with Gasteiger partial charge in [-0.3, -0.25) is 0 Å². The smallest absolute Gasteiger partial charge is 0.339 e. The van der Waals surface area contributed by atoms with Gasteiger partial charge in [0.05, 0.1) is 0 Å². The molecule has 3 aromatic rings. The van der Waals surface area contributed by atoms with E-state index in [0.717, 1.165) is 16.7 Å². The summed E-state index contributed by atoms with van der Waals surface area (Å²) in [7, 11) is 0. The molecule has 0 saturated carbocycles. The topological polar surface area (TPSA) is 55.8 Å². The first-order valence-electron chi connectivity index (χ1n) is 9.59. The highest BCUT2D eigenvalue weighted by atomic mass is 16.6. The van der Waals surface area contributed by atoms with Crippen LogP contribution in [-0.4, -0.2) is 23.3 Å². The van der Waals surface area contributed by atoms with Crippen LogP contribution in [0.15, 0.2) is 97.1 Å². The van der Waals surface area contributed by atoms with E-state index in [1.807, 2.05) is 91.0 Å². The number of aliphatic hydroxyl groups is 1. The number of carbonyl (C=O) groups excluding carboxylic acids is 1. The van der Waals surface area contributed by atoms with Crippen molar-refractivity contribution in [3.05, 3.63) is 114 Å². The highest BCUT2D eigenvalue weighted by molar-refractivity contribution is 5.77. The quantitative estimate of drug-likeness (QED) is 0.657. The van der Waals surface area contributed by atoms with Crippen LogP contribution in [0.25, 0.3) is 6.08 Å². The van der Waals surface area contributed by atoms with E-state index < -0.39 is 30.4 Å². The lowest BCUT2D eigenvalue weighted by atomic mass is 9.96. The third-order valence-electron chi connectivity index (χ3n) is 4.90. The van der Waals surface area contributed by atoms with Crippen molar-refractivity contribution < 1.29 is 19.4 Å². The summed E-state index contributed by atoms with van der Waals surface area (Å²) >= 11 is 0. The minimum Gasteiger partial charge on any atom is -0.452 e. The Morgan fingerprint density at radius 2 is 1.28 bits per heavy atom. The summed E-state index contributed by atoms with van der Waals surface area (Å²) in [5, 5.41) is 10.6. The van der Waals surface area contributed by atoms with E-state index in [9.17, 15) is 9.90 Å². The number of rotatable bonds is 5. The molecule has 3 aromatic carbocycles. The molecule has 0 aliphatic carbocycles. The molecule has 4 atom stereocenters. The zero-order valence-electron chi connectivity index (χ0n) is 15.8. The lowest BCUT2D eigenvalue weighted by molar-refractivity contribution is -0.212. The molecular weight excluding hydrogens is 364 g/mol. The highest BCUT2D eigenvalue weighted by Gasteiger charge is 2.42. The summed E-state index contributed by atoms with van der Waals surface area (Å²) in [6, 6.07) is 28.7. The third-order valence-corrected chi connectivity index (χ3v) is 4.90. The van der Waals surface area contributed by atoms with Crippen molar-refractivity contribution in [2.24, 2.45) is 0 Å². The molecule has 4 rings (SSSR count). The normalized spacial score (nSPS) is 22.9. The lowest BCUT2D eigenvalue weighted by Gasteiger charge is -2.37. The predicted molar refractivity (Wildman–Crippen MR) is 111 cm³/mol. The summed E-state index contributed by atoms with van der Waals surface area (Å²) in [4.78, 5) is 12.7. The van der Waals surface area contributed by atoms with Crippen LogP contribution < -0.4 is 0 Å².